The van der Waals surface area contributed by atoms with Crippen LogP contribution in [0.1, 0.15) is 35.8 Å². The summed E-state index contributed by atoms with van der Waals surface area (Å²) in [6.07, 6.45) is 5.37. The Kier molecular flexibility index (Phi) is 6.35. The first-order chi connectivity index (χ1) is 11.1. The van der Waals surface area contributed by atoms with Crippen LogP contribution in [-0.2, 0) is 6.54 Å². The molecule has 0 spiro atoms. The summed E-state index contributed by atoms with van der Waals surface area (Å²) in [6, 6.07) is 7.34. The van der Waals surface area contributed by atoms with Crippen molar-refractivity contribution in [2.45, 2.75) is 26.3 Å². The molecule has 0 aliphatic heterocycles. The highest BCUT2D eigenvalue weighted by Crippen LogP contribution is 2.10. The average molecular weight is 333 g/mol. The molecular formula is C17H21ClN4O. The van der Waals surface area contributed by atoms with E-state index in [-0.39, 0.29) is 5.91 Å². The smallest absolute Gasteiger partial charge is 0.271 e. The lowest BCUT2D eigenvalue weighted by Gasteiger charge is -2.17. The zero-order valence-corrected chi connectivity index (χ0v) is 14.2. The van der Waals surface area contributed by atoms with Crippen LogP contribution in [0.2, 0.25) is 5.02 Å². The van der Waals surface area contributed by atoms with Crippen molar-refractivity contribution in [3.63, 3.8) is 0 Å². The van der Waals surface area contributed by atoms with Gasteiger partial charge in [-0.25, -0.2) is 9.97 Å². The number of rotatable bonds is 7. The van der Waals surface area contributed by atoms with Crippen LogP contribution in [0.4, 0.5) is 5.82 Å². The van der Waals surface area contributed by atoms with Gasteiger partial charge in [0.05, 0.1) is 12.4 Å². The second kappa shape index (κ2) is 8.48. The molecule has 6 heteroatoms. The van der Waals surface area contributed by atoms with Crippen molar-refractivity contribution in [3.8, 4) is 0 Å². The molecule has 1 aromatic carbocycles. The van der Waals surface area contributed by atoms with E-state index in [1.165, 1.54) is 6.20 Å². The molecule has 5 nitrogen and oxygen atoms in total. The highest BCUT2D eigenvalue weighted by Gasteiger charge is 2.09. The van der Waals surface area contributed by atoms with Gasteiger partial charge in [0.1, 0.15) is 11.5 Å². The van der Waals surface area contributed by atoms with E-state index >= 15 is 0 Å². The summed E-state index contributed by atoms with van der Waals surface area (Å²) in [5, 5.41) is 3.49. The van der Waals surface area contributed by atoms with Crippen molar-refractivity contribution >= 4 is 23.3 Å². The van der Waals surface area contributed by atoms with E-state index in [0.29, 0.717) is 17.3 Å². The van der Waals surface area contributed by atoms with Crippen molar-refractivity contribution in [2.24, 2.45) is 0 Å². The molecular weight excluding hydrogens is 312 g/mol. The Bertz CT molecular complexity index is 628. The number of hydrogen-bond acceptors (Lipinski definition) is 4. The lowest BCUT2D eigenvalue weighted by molar-refractivity contribution is 0.0945. The quantitative estimate of drug-likeness (QED) is 0.845. The molecule has 0 saturated carbocycles. The molecule has 2 rings (SSSR count). The molecule has 0 fully saturated rings. The first kappa shape index (κ1) is 17.2. The zero-order valence-electron chi connectivity index (χ0n) is 13.4. The SMILES string of the molecule is CCCCN(C)c1cnc(C(=O)NCc2ccc(Cl)cc2)cn1. The molecule has 1 N–H and O–H groups in total. The van der Waals surface area contributed by atoms with Crippen molar-refractivity contribution in [3.05, 3.63) is 52.9 Å². The molecule has 1 amide bonds. The summed E-state index contributed by atoms with van der Waals surface area (Å²) < 4.78 is 0. The van der Waals surface area contributed by atoms with Crippen LogP contribution in [-0.4, -0.2) is 29.5 Å². The maximum atomic E-state index is 12.1. The molecule has 0 radical (unpaired) electrons. The van der Waals surface area contributed by atoms with Gasteiger partial charge in [-0.2, -0.15) is 0 Å². The van der Waals surface area contributed by atoms with Gasteiger partial charge >= 0.3 is 0 Å². The minimum atomic E-state index is -0.241. The monoisotopic (exact) mass is 332 g/mol. The Morgan fingerprint density at radius 3 is 2.57 bits per heavy atom. The van der Waals surface area contributed by atoms with Crippen LogP contribution in [0.3, 0.4) is 0 Å². The summed E-state index contributed by atoms with van der Waals surface area (Å²) >= 11 is 5.83. The molecule has 23 heavy (non-hydrogen) atoms. The third kappa shape index (κ3) is 5.21. The van der Waals surface area contributed by atoms with Crippen molar-refractivity contribution in [1.82, 2.24) is 15.3 Å². The van der Waals surface area contributed by atoms with Crippen molar-refractivity contribution in [2.75, 3.05) is 18.5 Å². The lowest BCUT2D eigenvalue weighted by Crippen LogP contribution is -2.25. The minimum absolute atomic E-state index is 0.241. The average Bonchev–Trinajstić information content (AvgIpc) is 2.59. The van der Waals surface area contributed by atoms with E-state index in [0.717, 1.165) is 30.8 Å². The summed E-state index contributed by atoms with van der Waals surface area (Å²) in [4.78, 5) is 22.6. The normalized spacial score (nSPS) is 10.4. The number of nitrogens with one attached hydrogen (secondary N) is 1. The number of halogens is 1. The Morgan fingerprint density at radius 1 is 1.22 bits per heavy atom. The molecule has 2 aromatic rings. The summed E-state index contributed by atoms with van der Waals surface area (Å²) in [7, 11) is 1.97. The number of nitrogens with zero attached hydrogens (tertiary/aromatic N) is 3. The first-order valence-corrected chi connectivity index (χ1v) is 8.03. The van der Waals surface area contributed by atoms with Gasteiger partial charge in [-0.15, -0.1) is 0 Å². The zero-order chi connectivity index (χ0) is 16.7. The second-order valence-corrected chi connectivity index (χ2v) is 5.78. The van der Waals surface area contributed by atoms with E-state index < -0.39 is 0 Å². The number of amides is 1. The number of aromatic nitrogens is 2. The van der Waals surface area contributed by atoms with Gasteiger partial charge in [-0.05, 0) is 24.1 Å². The fraction of sp³-hybridized carbons (Fsp3) is 0.353. The molecule has 0 aliphatic carbocycles. The first-order valence-electron chi connectivity index (χ1n) is 7.66. The third-order valence-electron chi connectivity index (χ3n) is 3.48. The fourth-order valence-electron chi connectivity index (χ4n) is 2.02. The van der Waals surface area contributed by atoms with Crippen LogP contribution in [0.15, 0.2) is 36.7 Å². The second-order valence-electron chi connectivity index (χ2n) is 5.34. The maximum Gasteiger partial charge on any atom is 0.271 e. The molecule has 122 valence electrons. The van der Waals surface area contributed by atoms with Crippen molar-refractivity contribution in [1.29, 1.82) is 0 Å². The number of anilines is 1. The molecule has 1 heterocycles. The molecule has 1 aromatic heterocycles. The number of benzene rings is 1. The van der Waals surface area contributed by atoms with E-state index in [2.05, 4.69) is 22.2 Å². The summed E-state index contributed by atoms with van der Waals surface area (Å²) in [5.41, 5.74) is 1.29. The number of carbonyl (C=O) groups excluding carboxylic acids is 1. The standard InChI is InChI=1S/C17H21ClN4O/c1-3-4-9-22(2)16-12-19-15(11-20-16)17(23)21-10-13-5-7-14(18)8-6-13/h5-8,11-12H,3-4,9-10H2,1-2H3,(H,21,23). The minimum Gasteiger partial charge on any atom is -0.358 e. The Morgan fingerprint density at radius 2 is 1.96 bits per heavy atom. The predicted molar refractivity (Wildman–Crippen MR) is 92.8 cm³/mol. The molecule has 0 unspecified atom stereocenters. The van der Waals surface area contributed by atoms with E-state index in [9.17, 15) is 4.79 Å². The Hall–Kier alpha value is -2.14. The van der Waals surface area contributed by atoms with Crippen LogP contribution in [0, 0.1) is 0 Å². The largest absolute Gasteiger partial charge is 0.358 e. The third-order valence-corrected chi connectivity index (χ3v) is 3.73. The van der Waals surface area contributed by atoms with Crippen LogP contribution < -0.4 is 10.2 Å². The molecule has 0 bridgehead atoms. The van der Waals surface area contributed by atoms with E-state index in [4.69, 9.17) is 11.6 Å². The number of carbonyl (C=O) groups is 1. The van der Waals surface area contributed by atoms with E-state index in [1.54, 1.807) is 18.3 Å². The van der Waals surface area contributed by atoms with Gasteiger partial charge in [0.2, 0.25) is 0 Å². The Balaban J connectivity index is 1.90. The van der Waals surface area contributed by atoms with Gasteiger partial charge < -0.3 is 10.2 Å². The lowest BCUT2D eigenvalue weighted by atomic mass is 10.2. The van der Waals surface area contributed by atoms with Gasteiger partial charge in [0.25, 0.3) is 5.91 Å². The van der Waals surface area contributed by atoms with Crippen LogP contribution in [0.5, 0.6) is 0 Å². The van der Waals surface area contributed by atoms with Gasteiger partial charge in [0, 0.05) is 25.2 Å². The number of hydrogen-bond donors (Lipinski definition) is 1. The highest BCUT2D eigenvalue weighted by atomic mass is 35.5. The highest BCUT2D eigenvalue weighted by molar-refractivity contribution is 6.30. The summed E-state index contributed by atoms with van der Waals surface area (Å²) in [6.45, 7) is 3.50. The maximum absolute atomic E-state index is 12.1. The molecule has 0 atom stereocenters. The van der Waals surface area contributed by atoms with Crippen molar-refractivity contribution < 1.29 is 4.79 Å². The van der Waals surface area contributed by atoms with Gasteiger partial charge in [-0.1, -0.05) is 37.1 Å². The van der Waals surface area contributed by atoms with Gasteiger partial charge in [0.15, 0.2) is 0 Å². The fourth-order valence-corrected chi connectivity index (χ4v) is 2.15. The van der Waals surface area contributed by atoms with Gasteiger partial charge in [-0.3, -0.25) is 4.79 Å². The summed E-state index contributed by atoms with van der Waals surface area (Å²) in [5.74, 6) is 0.530. The molecule has 0 aliphatic rings. The molecule has 0 saturated heterocycles. The Labute approximate surface area is 141 Å². The number of unbranched alkanes of at least 4 members (excludes halogenated alkanes) is 1. The van der Waals surface area contributed by atoms with Crippen LogP contribution >= 0.6 is 11.6 Å². The topological polar surface area (TPSA) is 58.1 Å². The predicted octanol–water partition coefficient (Wildman–Crippen LogP) is 3.30. The van der Waals surface area contributed by atoms with Crippen LogP contribution in [0.25, 0.3) is 0 Å². The van der Waals surface area contributed by atoms with E-state index in [1.807, 2.05) is 24.1 Å².